The molecule has 1 aromatic rings. The first kappa shape index (κ1) is 12.4. The Labute approximate surface area is 95.9 Å². The second-order valence-corrected chi connectivity index (χ2v) is 2.99. The molecule has 0 aliphatic rings. The van der Waals surface area contributed by atoms with Gasteiger partial charge in [0.25, 0.3) is 5.91 Å². The average molecular weight is 238 g/mol. The second-order valence-electron chi connectivity index (χ2n) is 2.99. The zero-order valence-electron chi connectivity index (χ0n) is 8.88. The molecule has 0 spiro atoms. The van der Waals surface area contributed by atoms with Crippen molar-refractivity contribution >= 4 is 23.7 Å². The summed E-state index contributed by atoms with van der Waals surface area (Å²) in [5, 5.41) is 16.3. The molecule has 8 heteroatoms. The van der Waals surface area contributed by atoms with Crippen LogP contribution in [0.2, 0.25) is 0 Å². The van der Waals surface area contributed by atoms with Gasteiger partial charge in [0.05, 0.1) is 0 Å². The molecular weight excluding hydrogens is 228 g/mol. The smallest absolute Gasteiger partial charge is 0.328 e. The van der Waals surface area contributed by atoms with Crippen LogP contribution in [0.1, 0.15) is 0 Å². The number of carbonyl (C=O) groups excluding carboxylic acids is 2. The molecule has 1 aromatic heterocycles. The van der Waals surface area contributed by atoms with Crippen LogP contribution in [0.15, 0.2) is 24.4 Å². The van der Waals surface area contributed by atoms with Crippen LogP contribution >= 0.6 is 0 Å². The third-order valence-corrected chi connectivity index (χ3v) is 1.57. The first-order valence-corrected chi connectivity index (χ1v) is 4.50. The van der Waals surface area contributed by atoms with Crippen molar-refractivity contribution in [1.82, 2.24) is 15.1 Å². The number of aryl methyl sites for hydroxylation is 1. The largest absolute Gasteiger partial charge is 0.478 e. The summed E-state index contributed by atoms with van der Waals surface area (Å²) in [5.41, 5.74) is 0. The molecule has 17 heavy (non-hydrogen) atoms. The van der Waals surface area contributed by atoms with Gasteiger partial charge in [0.1, 0.15) is 0 Å². The van der Waals surface area contributed by atoms with Gasteiger partial charge in [-0.15, -0.1) is 0 Å². The van der Waals surface area contributed by atoms with Crippen LogP contribution in [0.4, 0.5) is 10.6 Å². The first-order chi connectivity index (χ1) is 7.97. The lowest BCUT2D eigenvalue weighted by Crippen LogP contribution is -2.33. The minimum Gasteiger partial charge on any atom is -0.478 e. The van der Waals surface area contributed by atoms with Gasteiger partial charge >= 0.3 is 12.0 Å². The van der Waals surface area contributed by atoms with E-state index in [4.69, 9.17) is 5.11 Å². The lowest BCUT2D eigenvalue weighted by atomic mass is 10.5. The highest BCUT2D eigenvalue weighted by atomic mass is 16.4. The summed E-state index contributed by atoms with van der Waals surface area (Å²) in [4.78, 5) is 32.3. The van der Waals surface area contributed by atoms with Gasteiger partial charge in [0, 0.05) is 31.5 Å². The highest BCUT2D eigenvalue weighted by molar-refractivity contribution is 6.06. The molecular formula is C9H10N4O4. The number of amides is 3. The molecule has 0 unspecified atom stereocenters. The molecule has 1 rings (SSSR count). The Hall–Kier alpha value is -2.64. The predicted octanol–water partition coefficient (Wildman–Crippen LogP) is -0.291. The van der Waals surface area contributed by atoms with E-state index in [-0.39, 0.29) is 5.82 Å². The molecule has 0 fully saturated rings. The molecule has 3 N–H and O–H groups in total. The summed E-state index contributed by atoms with van der Waals surface area (Å²) in [6, 6.07) is 0.751. The number of carbonyl (C=O) groups is 3. The Morgan fingerprint density at radius 3 is 2.65 bits per heavy atom. The van der Waals surface area contributed by atoms with E-state index in [9.17, 15) is 14.4 Å². The number of nitrogens with zero attached hydrogens (tertiary/aromatic N) is 2. The summed E-state index contributed by atoms with van der Waals surface area (Å²) < 4.78 is 1.47. The molecule has 90 valence electrons. The number of rotatable bonds is 3. The van der Waals surface area contributed by atoms with E-state index in [1.807, 2.05) is 5.32 Å². The van der Waals surface area contributed by atoms with Gasteiger partial charge in [-0.2, -0.15) is 5.10 Å². The minimum absolute atomic E-state index is 0.278. The third-order valence-electron chi connectivity index (χ3n) is 1.57. The van der Waals surface area contributed by atoms with Gasteiger partial charge in [0.15, 0.2) is 5.82 Å². The standard InChI is InChI=1S/C9H10N4O4/c1-13-5-4-6(12-13)10-9(17)11-7(14)2-3-8(15)16/h2-5H,1H3,(H,15,16)(H2,10,11,12,14,17)/b3-2+. The number of nitrogens with one attached hydrogen (secondary N) is 2. The molecule has 3 amide bonds. The molecule has 1 heterocycles. The van der Waals surface area contributed by atoms with Gasteiger partial charge in [-0.3, -0.25) is 20.1 Å². The van der Waals surface area contributed by atoms with Crippen molar-refractivity contribution in [3.63, 3.8) is 0 Å². The summed E-state index contributed by atoms with van der Waals surface area (Å²) in [5.74, 6) is -1.83. The number of hydrogen-bond acceptors (Lipinski definition) is 4. The van der Waals surface area contributed by atoms with Crippen LogP contribution in [0, 0.1) is 0 Å². The summed E-state index contributed by atoms with van der Waals surface area (Å²) in [7, 11) is 1.67. The Morgan fingerprint density at radius 2 is 2.12 bits per heavy atom. The Morgan fingerprint density at radius 1 is 1.41 bits per heavy atom. The predicted molar refractivity (Wildman–Crippen MR) is 57.1 cm³/mol. The quantitative estimate of drug-likeness (QED) is 0.626. The highest BCUT2D eigenvalue weighted by Crippen LogP contribution is 1.99. The van der Waals surface area contributed by atoms with Crippen molar-refractivity contribution in [3.8, 4) is 0 Å². The van der Waals surface area contributed by atoms with Crippen molar-refractivity contribution in [3.05, 3.63) is 24.4 Å². The van der Waals surface area contributed by atoms with Crippen LogP contribution in [-0.4, -0.2) is 32.8 Å². The van der Waals surface area contributed by atoms with E-state index in [0.717, 1.165) is 6.08 Å². The SMILES string of the molecule is Cn1ccc(NC(=O)NC(=O)/C=C/C(=O)O)n1. The molecule has 8 nitrogen and oxygen atoms in total. The van der Waals surface area contributed by atoms with E-state index in [2.05, 4.69) is 10.4 Å². The van der Waals surface area contributed by atoms with Gasteiger partial charge in [-0.1, -0.05) is 0 Å². The highest BCUT2D eigenvalue weighted by Gasteiger charge is 2.06. The van der Waals surface area contributed by atoms with E-state index in [1.165, 1.54) is 10.7 Å². The molecule has 0 aliphatic heterocycles. The lowest BCUT2D eigenvalue weighted by molar-refractivity contribution is -0.131. The maximum Gasteiger partial charge on any atom is 0.328 e. The maximum atomic E-state index is 11.2. The number of hydrogen-bond donors (Lipinski definition) is 3. The maximum absolute atomic E-state index is 11.2. The number of carboxylic acid groups (broad SMARTS) is 1. The molecule has 0 aliphatic carbocycles. The van der Waals surface area contributed by atoms with E-state index in [1.54, 1.807) is 13.2 Å². The van der Waals surface area contributed by atoms with Crippen molar-refractivity contribution in [2.24, 2.45) is 7.05 Å². The molecule has 0 aromatic carbocycles. The molecule has 0 radical (unpaired) electrons. The van der Waals surface area contributed by atoms with E-state index in [0.29, 0.717) is 6.08 Å². The molecule has 0 bridgehead atoms. The van der Waals surface area contributed by atoms with Crippen LogP contribution in [-0.2, 0) is 16.6 Å². The van der Waals surface area contributed by atoms with Crippen molar-refractivity contribution < 1.29 is 19.5 Å². The summed E-state index contributed by atoms with van der Waals surface area (Å²) in [6.07, 6.45) is 2.98. The Kier molecular flexibility index (Phi) is 3.98. The minimum atomic E-state index is -1.27. The van der Waals surface area contributed by atoms with Crippen molar-refractivity contribution in [2.45, 2.75) is 0 Å². The van der Waals surface area contributed by atoms with Gasteiger partial charge in [0.2, 0.25) is 0 Å². The first-order valence-electron chi connectivity index (χ1n) is 4.50. The van der Waals surface area contributed by atoms with Crippen molar-refractivity contribution in [2.75, 3.05) is 5.32 Å². The lowest BCUT2D eigenvalue weighted by Gasteiger charge is -2.00. The van der Waals surface area contributed by atoms with E-state index >= 15 is 0 Å². The van der Waals surface area contributed by atoms with Crippen LogP contribution in [0.5, 0.6) is 0 Å². The van der Waals surface area contributed by atoms with Gasteiger partial charge in [-0.05, 0) is 0 Å². The van der Waals surface area contributed by atoms with Gasteiger partial charge < -0.3 is 5.11 Å². The fourth-order valence-electron chi connectivity index (χ4n) is 0.930. The number of aliphatic carboxylic acids is 1. The number of anilines is 1. The van der Waals surface area contributed by atoms with Gasteiger partial charge in [-0.25, -0.2) is 9.59 Å². The topological polar surface area (TPSA) is 113 Å². The van der Waals surface area contributed by atoms with Crippen molar-refractivity contribution in [1.29, 1.82) is 0 Å². The molecule has 0 saturated heterocycles. The number of urea groups is 1. The molecule has 0 atom stereocenters. The zero-order valence-corrected chi connectivity index (χ0v) is 8.88. The zero-order chi connectivity index (χ0) is 12.8. The normalized spacial score (nSPS) is 10.2. The van der Waals surface area contributed by atoms with Crippen LogP contribution in [0.25, 0.3) is 0 Å². The fourth-order valence-corrected chi connectivity index (χ4v) is 0.930. The third kappa shape index (κ3) is 4.60. The summed E-state index contributed by atoms with van der Waals surface area (Å²) >= 11 is 0. The Balaban J connectivity index is 2.45. The summed E-state index contributed by atoms with van der Waals surface area (Å²) in [6.45, 7) is 0. The van der Waals surface area contributed by atoms with Crippen LogP contribution in [0.3, 0.4) is 0 Å². The monoisotopic (exact) mass is 238 g/mol. The number of aromatic nitrogens is 2. The van der Waals surface area contributed by atoms with E-state index < -0.39 is 17.9 Å². The number of imide groups is 1. The molecule has 0 saturated carbocycles. The second kappa shape index (κ2) is 5.45. The Bertz CT molecular complexity index is 477. The number of carboxylic acids is 1. The fraction of sp³-hybridized carbons (Fsp3) is 0.111. The average Bonchev–Trinajstić information content (AvgIpc) is 2.60. The van der Waals surface area contributed by atoms with Crippen LogP contribution < -0.4 is 10.6 Å².